The molecule has 7 heteroatoms. The van der Waals surface area contributed by atoms with Crippen molar-refractivity contribution in [1.82, 2.24) is 10.1 Å². The molecule has 0 aliphatic rings. The summed E-state index contributed by atoms with van der Waals surface area (Å²) in [6, 6.07) is 9.93. The minimum absolute atomic E-state index is 0.131. The minimum Gasteiger partial charge on any atom is -0.384 e. The number of rotatable bonds is 4. The highest BCUT2D eigenvalue weighted by Crippen LogP contribution is 2.25. The third-order valence-electron chi connectivity index (χ3n) is 4.02. The summed E-state index contributed by atoms with van der Waals surface area (Å²) in [5.74, 6) is 0.565. The number of nitrogen functional groups attached to an aromatic ring is 1. The molecule has 6 nitrogen and oxygen atoms in total. The second-order valence-corrected chi connectivity index (χ2v) is 7.34. The zero-order valence-electron chi connectivity index (χ0n) is 15.4. The lowest BCUT2D eigenvalue weighted by Crippen LogP contribution is -2.14. The van der Waals surface area contributed by atoms with Crippen molar-refractivity contribution < 1.29 is 13.7 Å². The predicted molar refractivity (Wildman–Crippen MR) is 102 cm³/mol. The van der Waals surface area contributed by atoms with Gasteiger partial charge >= 0.3 is 0 Å². The highest BCUT2D eigenvalue weighted by atomic mass is 19.1. The van der Waals surface area contributed by atoms with Crippen LogP contribution in [0.5, 0.6) is 0 Å². The van der Waals surface area contributed by atoms with E-state index in [9.17, 15) is 9.18 Å². The Bertz CT molecular complexity index is 959. The van der Waals surface area contributed by atoms with E-state index in [0.717, 1.165) is 5.56 Å². The van der Waals surface area contributed by atoms with Crippen LogP contribution in [0.3, 0.4) is 0 Å². The van der Waals surface area contributed by atoms with Crippen molar-refractivity contribution in [2.75, 3.05) is 11.1 Å². The van der Waals surface area contributed by atoms with Crippen molar-refractivity contribution in [3.63, 3.8) is 0 Å². The van der Waals surface area contributed by atoms with Gasteiger partial charge in [0.05, 0.1) is 6.42 Å². The van der Waals surface area contributed by atoms with Gasteiger partial charge in [-0.2, -0.15) is 0 Å². The van der Waals surface area contributed by atoms with E-state index in [4.69, 9.17) is 10.3 Å². The maximum atomic E-state index is 14.0. The average Bonchev–Trinajstić information content (AvgIpc) is 3.04. The largest absolute Gasteiger partial charge is 0.384 e. The molecule has 0 bridgehead atoms. The Balaban J connectivity index is 1.66. The van der Waals surface area contributed by atoms with Gasteiger partial charge in [-0.3, -0.25) is 4.79 Å². The third-order valence-corrected chi connectivity index (χ3v) is 4.02. The third kappa shape index (κ3) is 4.49. The topological polar surface area (TPSA) is 94.0 Å². The van der Waals surface area contributed by atoms with Gasteiger partial charge in [-0.15, -0.1) is 0 Å². The van der Waals surface area contributed by atoms with Crippen LogP contribution in [0, 0.1) is 5.82 Å². The number of pyridine rings is 1. The van der Waals surface area contributed by atoms with Crippen molar-refractivity contribution in [3.05, 3.63) is 59.7 Å². The molecule has 0 fully saturated rings. The number of halogens is 1. The first-order valence-electron chi connectivity index (χ1n) is 8.50. The summed E-state index contributed by atoms with van der Waals surface area (Å²) in [5.41, 5.74) is 7.10. The second-order valence-electron chi connectivity index (χ2n) is 7.34. The molecular formula is C20H21FN4O2. The van der Waals surface area contributed by atoms with E-state index in [1.807, 2.05) is 20.8 Å². The zero-order valence-corrected chi connectivity index (χ0v) is 15.4. The van der Waals surface area contributed by atoms with Gasteiger partial charge in [0.15, 0.2) is 5.82 Å². The highest BCUT2D eigenvalue weighted by Gasteiger charge is 2.20. The fraction of sp³-hybridized carbons (Fsp3) is 0.250. The van der Waals surface area contributed by atoms with Crippen molar-refractivity contribution in [1.29, 1.82) is 0 Å². The van der Waals surface area contributed by atoms with Crippen molar-refractivity contribution in [2.24, 2.45) is 0 Å². The monoisotopic (exact) mass is 368 g/mol. The first-order valence-corrected chi connectivity index (χ1v) is 8.50. The van der Waals surface area contributed by atoms with Gasteiger partial charge in [0, 0.05) is 29.3 Å². The van der Waals surface area contributed by atoms with E-state index < -0.39 is 5.82 Å². The van der Waals surface area contributed by atoms with Gasteiger partial charge in [-0.05, 0) is 11.1 Å². The summed E-state index contributed by atoms with van der Waals surface area (Å²) in [7, 11) is 0. The van der Waals surface area contributed by atoms with Gasteiger partial charge in [0.2, 0.25) is 5.91 Å². The maximum absolute atomic E-state index is 14.0. The molecule has 1 aromatic carbocycles. The fourth-order valence-corrected chi connectivity index (χ4v) is 2.52. The van der Waals surface area contributed by atoms with Crippen LogP contribution < -0.4 is 11.1 Å². The van der Waals surface area contributed by atoms with Crippen LogP contribution in [0.2, 0.25) is 0 Å². The van der Waals surface area contributed by atoms with E-state index >= 15 is 0 Å². The number of anilines is 2. The van der Waals surface area contributed by atoms with Gasteiger partial charge in [0.25, 0.3) is 0 Å². The van der Waals surface area contributed by atoms with E-state index in [1.54, 1.807) is 30.3 Å². The molecule has 27 heavy (non-hydrogen) atoms. The normalized spacial score (nSPS) is 11.4. The molecule has 3 aromatic rings. The minimum atomic E-state index is -0.436. The first-order chi connectivity index (χ1) is 12.7. The first kappa shape index (κ1) is 18.6. The Hall–Kier alpha value is -3.22. The van der Waals surface area contributed by atoms with Crippen molar-refractivity contribution in [3.8, 4) is 11.1 Å². The van der Waals surface area contributed by atoms with E-state index in [1.165, 1.54) is 12.3 Å². The quantitative estimate of drug-likeness (QED) is 0.727. The smallest absolute Gasteiger partial charge is 0.230 e. The Morgan fingerprint density at radius 1 is 1.22 bits per heavy atom. The summed E-state index contributed by atoms with van der Waals surface area (Å²) in [4.78, 5) is 16.1. The highest BCUT2D eigenvalue weighted by molar-refractivity contribution is 5.91. The summed E-state index contributed by atoms with van der Waals surface area (Å²) in [6.45, 7) is 6.00. The Labute approximate surface area is 156 Å². The summed E-state index contributed by atoms with van der Waals surface area (Å²) >= 11 is 0. The number of nitrogens with two attached hydrogens (primary N) is 1. The van der Waals surface area contributed by atoms with Crippen molar-refractivity contribution in [2.45, 2.75) is 32.6 Å². The zero-order chi connectivity index (χ0) is 19.6. The second kappa shape index (κ2) is 7.19. The molecule has 3 N–H and O–H groups in total. The van der Waals surface area contributed by atoms with E-state index in [-0.39, 0.29) is 23.6 Å². The number of nitrogens with one attached hydrogen (secondary N) is 1. The standard InChI is InChI=1S/C20H21FN4O2/c1-20(2,3)16-10-18(25-27-16)24-19(26)8-12-4-6-13(7-5-12)14-11-23-17(22)9-15(14)21/h4-7,9-11H,8H2,1-3H3,(H2,22,23)(H,24,25,26). The lowest BCUT2D eigenvalue weighted by molar-refractivity contribution is -0.115. The number of nitrogens with zero attached hydrogens (tertiary/aromatic N) is 2. The van der Waals surface area contributed by atoms with Gasteiger partial charge < -0.3 is 15.6 Å². The lowest BCUT2D eigenvalue weighted by Gasteiger charge is -2.12. The average molecular weight is 368 g/mol. The molecule has 0 aliphatic carbocycles. The van der Waals surface area contributed by atoms with Gasteiger partial charge in [-0.1, -0.05) is 50.2 Å². The molecule has 1 amide bonds. The molecular weight excluding hydrogens is 347 g/mol. The molecule has 0 atom stereocenters. The predicted octanol–water partition coefficient (Wildman–Crippen LogP) is 3.94. The van der Waals surface area contributed by atoms with Crippen LogP contribution in [-0.2, 0) is 16.6 Å². The van der Waals surface area contributed by atoms with Crippen LogP contribution in [0.4, 0.5) is 16.0 Å². The molecule has 0 unspecified atom stereocenters. The van der Waals surface area contributed by atoms with Gasteiger partial charge in [0.1, 0.15) is 17.4 Å². The molecule has 2 aromatic heterocycles. The fourth-order valence-electron chi connectivity index (χ4n) is 2.52. The molecule has 0 aliphatic heterocycles. The lowest BCUT2D eigenvalue weighted by atomic mass is 9.93. The van der Waals surface area contributed by atoms with Crippen LogP contribution in [-0.4, -0.2) is 16.0 Å². The maximum Gasteiger partial charge on any atom is 0.230 e. The number of benzene rings is 1. The van der Waals surface area contributed by atoms with Crippen LogP contribution in [0.15, 0.2) is 47.1 Å². The molecule has 0 spiro atoms. The molecule has 140 valence electrons. The SMILES string of the molecule is CC(C)(C)c1cc(NC(=O)Cc2ccc(-c3cnc(N)cc3F)cc2)no1. The summed E-state index contributed by atoms with van der Waals surface area (Å²) in [6.07, 6.45) is 1.56. The number of amides is 1. The Morgan fingerprint density at radius 3 is 2.52 bits per heavy atom. The number of hydrogen-bond donors (Lipinski definition) is 2. The summed E-state index contributed by atoms with van der Waals surface area (Å²) in [5, 5.41) is 6.59. The molecule has 0 radical (unpaired) electrons. The number of carbonyl (C=O) groups is 1. The number of aromatic nitrogens is 2. The van der Waals surface area contributed by atoms with Crippen LogP contribution >= 0.6 is 0 Å². The molecule has 2 heterocycles. The summed E-state index contributed by atoms with van der Waals surface area (Å²) < 4.78 is 19.2. The Kier molecular flexibility index (Phi) is 4.94. The van der Waals surface area contributed by atoms with E-state index in [2.05, 4.69) is 15.5 Å². The van der Waals surface area contributed by atoms with Crippen molar-refractivity contribution >= 4 is 17.5 Å². The van der Waals surface area contributed by atoms with Crippen LogP contribution in [0.1, 0.15) is 32.1 Å². The molecule has 0 saturated carbocycles. The number of carbonyl (C=O) groups excluding carboxylic acids is 1. The van der Waals surface area contributed by atoms with Gasteiger partial charge in [-0.25, -0.2) is 9.37 Å². The molecule has 3 rings (SSSR count). The number of hydrogen-bond acceptors (Lipinski definition) is 5. The Morgan fingerprint density at radius 2 is 1.93 bits per heavy atom. The van der Waals surface area contributed by atoms with E-state index in [0.29, 0.717) is 22.7 Å². The van der Waals surface area contributed by atoms with Crippen LogP contribution in [0.25, 0.3) is 11.1 Å². The molecule has 0 saturated heterocycles.